The number of carbonyl (C=O) groups excluding carboxylic acids is 2. The largest absolute Gasteiger partial charge is 0.497 e. The molecule has 1 amide bonds. The average molecular weight is 361 g/mol. The highest BCUT2D eigenvalue weighted by atomic mass is 16.5. The van der Waals surface area contributed by atoms with Gasteiger partial charge in [-0.15, -0.1) is 0 Å². The van der Waals surface area contributed by atoms with Gasteiger partial charge in [-0.05, 0) is 43.7 Å². The first-order chi connectivity index (χ1) is 12.6. The monoisotopic (exact) mass is 361 g/mol. The van der Waals surface area contributed by atoms with Gasteiger partial charge in [0.2, 0.25) is 0 Å². The molecule has 0 radical (unpaired) electrons. The lowest BCUT2D eigenvalue weighted by Gasteiger charge is -2.44. The zero-order chi connectivity index (χ0) is 18.5. The van der Waals surface area contributed by atoms with Gasteiger partial charge in [0, 0.05) is 18.7 Å². The molecule has 2 atom stereocenters. The van der Waals surface area contributed by atoms with Gasteiger partial charge in [-0.3, -0.25) is 4.79 Å². The first kappa shape index (κ1) is 18.5. The van der Waals surface area contributed by atoms with Crippen molar-refractivity contribution in [2.24, 2.45) is 5.92 Å². The number of fused-ring (bicyclic) bond motifs is 1. The van der Waals surface area contributed by atoms with Crippen LogP contribution in [-0.4, -0.2) is 50.2 Å². The summed E-state index contributed by atoms with van der Waals surface area (Å²) in [5, 5.41) is 0. The zero-order valence-corrected chi connectivity index (χ0v) is 15.5. The van der Waals surface area contributed by atoms with Crippen LogP contribution in [0.2, 0.25) is 0 Å². The van der Waals surface area contributed by atoms with Crippen LogP contribution in [0.5, 0.6) is 11.5 Å². The zero-order valence-electron chi connectivity index (χ0n) is 15.5. The molecule has 3 rings (SSSR count). The number of ether oxygens (including phenoxy) is 3. The Kier molecular flexibility index (Phi) is 6.01. The highest BCUT2D eigenvalue weighted by Crippen LogP contribution is 2.35. The number of hydrogen-bond acceptors (Lipinski definition) is 5. The molecule has 2 aliphatic rings. The standard InChI is InChI=1S/C20H27NO5/c1-24-16-10-15(11-17(12-16)25-2)20(23)26-13-19(22)21-9-5-7-14-6-3-4-8-18(14)21/h10-12,14,18H,3-9,13H2,1-2H3/t14-,18-/m1/s1. The minimum absolute atomic E-state index is 0.0928. The van der Waals surface area contributed by atoms with Crippen LogP contribution in [0.1, 0.15) is 48.9 Å². The van der Waals surface area contributed by atoms with Crippen LogP contribution < -0.4 is 9.47 Å². The third-order valence-electron chi connectivity index (χ3n) is 5.48. The van der Waals surface area contributed by atoms with Crippen molar-refractivity contribution in [2.45, 2.75) is 44.6 Å². The van der Waals surface area contributed by atoms with E-state index >= 15 is 0 Å². The summed E-state index contributed by atoms with van der Waals surface area (Å²) in [7, 11) is 3.04. The first-order valence-electron chi connectivity index (χ1n) is 9.32. The van der Waals surface area contributed by atoms with Gasteiger partial charge in [0.25, 0.3) is 5.91 Å². The number of piperidine rings is 1. The van der Waals surface area contributed by atoms with Crippen LogP contribution >= 0.6 is 0 Å². The fourth-order valence-corrected chi connectivity index (χ4v) is 4.15. The minimum Gasteiger partial charge on any atom is -0.497 e. The topological polar surface area (TPSA) is 65.1 Å². The van der Waals surface area contributed by atoms with E-state index < -0.39 is 5.97 Å². The lowest BCUT2D eigenvalue weighted by atomic mass is 9.78. The van der Waals surface area contributed by atoms with Crippen molar-refractivity contribution in [1.29, 1.82) is 0 Å². The molecule has 6 nitrogen and oxygen atoms in total. The van der Waals surface area contributed by atoms with Gasteiger partial charge in [0.1, 0.15) is 11.5 Å². The summed E-state index contributed by atoms with van der Waals surface area (Å²) >= 11 is 0. The van der Waals surface area contributed by atoms with Crippen LogP contribution in [0.4, 0.5) is 0 Å². The first-order valence-corrected chi connectivity index (χ1v) is 9.32. The molecule has 0 bridgehead atoms. The van der Waals surface area contributed by atoms with Crippen LogP contribution in [-0.2, 0) is 9.53 Å². The quantitative estimate of drug-likeness (QED) is 0.754. The van der Waals surface area contributed by atoms with E-state index in [1.54, 1.807) is 18.2 Å². The summed E-state index contributed by atoms with van der Waals surface area (Å²) in [6.45, 7) is 0.548. The molecule has 1 heterocycles. The second-order valence-corrected chi connectivity index (χ2v) is 7.02. The summed E-state index contributed by atoms with van der Waals surface area (Å²) in [6.07, 6.45) is 6.95. The maximum atomic E-state index is 12.6. The third kappa shape index (κ3) is 4.11. The van der Waals surface area contributed by atoms with Crippen molar-refractivity contribution in [2.75, 3.05) is 27.4 Å². The highest BCUT2D eigenvalue weighted by molar-refractivity contribution is 5.92. The van der Waals surface area contributed by atoms with Crippen molar-refractivity contribution in [3.8, 4) is 11.5 Å². The molecule has 0 unspecified atom stereocenters. The lowest BCUT2D eigenvalue weighted by molar-refractivity contribution is -0.140. The van der Waals surface area contributed by atoms with Crippen molar-refractivity contribution in [1.82, 2.24) is 4.90 Å². The SMILES string of the molecule is COc1cc(OC)cc(C(=O)OCC(=O)N2CCC[C@H]3CCCC[C@H]32)c1. The Morgan fingerprint density at radius 1 is 1.00 bits per heavy atom. The summed E-state index contributed by atoms with van der Waals surface area (Å²) in [4.78, 5) is 26.9. The molecule has 1 aliphatic carbocycles. The van der Waals surface area contributed by atoms with Gasteiger partial charge in [0.15, 0.2) is 6.61 Å². The van der Waals surface area contributed by atoms with Crippen LogP contribution in [0, 0.1) is 5.92 Å². The van der Waals surface area contributed by atoms with E-state index in [-0.39, 0.29) is 12.5 Å². The maximum Gasteiger partial charge on any atom is 0.338 e. The molecular weight excluding hydrogens is 334 g/mol. The highest BCUT2D eigenvalue weighted by Gasteiger charge is 2.35. The Morgan fingerprint density at radius 3 is 2.35 bits per heavy atom. The number of methoxy groups -OCH3 is 2. The number of carbonyl (C=O) groups is 2. The Labute approximate surface area is 154 Å². The van der Waals surface area contributed by atoms with Crippen molar-refractivity contribution in [3.63, 3.8) is 0 Å². The molecule has 0 N–H and O–H groups in total. The molecule has 1 aromatic carbocycles. The number of nitrogens with zero attached hydrogens (tertiary/aromatic N) is 1. The summed E-state index contributed by atoms with van der Waals surface area (Å²) in [6, 6.07) is 5.15. The lowest BCUT2D eigenvalue weighted by Crippen LogP contribution is -2.50. The van der Waals surface area contributed by atoms with Gasteiger partial charge in [0.05, 0.1) is 19.8 Å². The van der Waals surface area contributed by atoms with E-state index in [2.05, 4.69) is 0 Å². The average Bonchev–Trinajstić information content (AvgIpc) is 2.70. The Bertz CT molecular complexity index is 635. The van der Waals surface area contributed by atoms with Crippen LogP contribution in [0.25, 0.3) is 0 Å². The third-order valence-corrected chi connectivity index (χ3v) is 5.48. The number of esters is 1. The summed E-state index contributed by atoms with van der Waals surface area (Å²) < 4.78 is 15.6. The van der Waals surface area contributed by atoms with Gasteiger partial charge in [-0.25, -0.2) is 4.79 Å². The van der Waals surface area contributed by atoms with Crippen LogP contribution in [0.15, 0.2) is 18.2 Å². The second-order valence-electron chi connectivity index (χ2n) is 7.02. The summed E-state index contributed by atoms with van der Waals surface area (Å²) in [5.74, 6) is 0.977. The number of rotatable bonds is 5. The normalized spacial score (nSPS) is 22.3. The van der Waals surface area contributed by atoms with Gasteiger partial charge in [-0.2, -0.15) is 0 Å². The molecule has 6 heteroatoms. The van der Waals surface area contributed by atoms with E-state index in [0.29, 0.717) is 29.0 Å². The Hall–Kier alpha value is -2.24. The molecule has 1 aliphatic heterocycles. The van der Waals surface area contributed by atoms with E-state index in [9.17, 15) is 9.59 Å². The fourth-order valence-electron chi connectivity index (χ4n) is 4.15. The van der Waals surface area contributed by atoms with Gasteiger partial charge >= 0.3 is 5.97 Å². The van der Waals surface area contributed by atoms with E-state index in [4.69, 9.17) is 14.2 Å². The smallest absolute Gasteiger partial charge is 0.338 e. The molecule has 26 heavy (non-hydrogen) atoms. The minimum atomic E-state index is -0.548. The number of hydrogen-bond donors (Lipinski definition) is 0. The van der Waals surface area contributed by atoms with E-state index in [0.717, 1.165) is 19.4 Å². The molecule has 2 fully saturated rings. The van der Waals surface area contributed by atoms with Crippen LogP contribution in [0.3, 0.4) is 0 Å². The maximum absolute atomic E-state index is 12.6. The van der Waals surface area contributed by atoms with Crippen molar-refractivity contribution in [3.05, 3.63) is 23.8 Å². The predicted molar refractivity (Wildman–Crippen MR) is 96.5 cm³/mol. The Balaban J connectivity index is 1.61. The number of likely N-dealkylation sites (tertiary alicyclic amines) is 1. The Morgan fingerprint density at radius 2 is 1.65 bits per heavy atom. The molecule has 1 saturated carbocycles. The van der Waals surface area contributed by atoms with Crippen molar-refractivity contribution < 1.29 is 23.8 Å². The van der Waals surface area contributed by atoms with E-state index in [1.807, 2.05) is 4.90 Å². The molecular formula is C20H27NO5. The fraction of sp³-hybridized carbons (Fsp3) is 0.600. The van der Waals surface area contributed by atoms with E-state index in [1.165, 1.54) is 39.9 Å². The number of amides is 1. The van der Waals surface area contributed by atoms with Gasteiger partial charge < -0.3 is 19.1 Å². The molecule has 0 spiro atoms. The predicted octanol–water partition coefficient (Wildman–Crippen LogP) is 3.04. The summed E-state index contributed by atoms with van der Waals surface area (Å²) in [5.41, 5.74) is 0.309. The van der Waals surface area contributed by atoms with Gasteiger partial charge in [-0.1, -0.05) is 12.8 Å². The molecule has 1 aromatic rings. The van der Waals surface area contributed by atoms with Crippen molar-refractivity contribution >= 4 is 11.9 Å². The molecule has 0 aromatic heterocycles. The second kappa shape index (κ2) is 8.43. The number of benzene rings is 1. The molecule has 1 saturated heterocycles. The molecule has 142 valence electrons.